The molecule has 0 unspecified atom stereocenters. The van der Waals surface area contributed by atoms with Crippen LogP contribution >= 0.6 is 0 Å². The second-order valence-corrected chi connectivity index (χ2v) is 6.96. The van der Waals surface area contributed by atoms with Gasteiger partial charge in [-0.05, 0) is 30.7 Å². The summed E-state index contributed by atoms with van der Waals surface area (Å²) in [5.41, 5.74) is -0.378. The molecule has 1 fully saturated rings. The maximum Gasteiger partial charge on any atom is 0.416 e. The molecular formula is C21H16F3N3O4. The van der Waals surface area contributed by atoms with E-state index in [1.807, 2.05) is 0 Å². The fourth-order valence-electron chi connectivity index (χ4n) is 3.85. The largest absolute Gasteiger partial charge is 0.461 e. The van der Waals surface area contributed by atoms with Gasteiger partial charge in [-0.1, -0.05) is 36.4 Å². The van der Waals surface area contributed by atoms with Gasteiger partial charge >= 0.3 is 12.1 Å². The molecule has 1 saturated heterocycles. The first-order chi connectivity index (χ1) is 14.7. The van der Waals surface area contributed by atoms with Gasteiger partial charge in [-0.3, -0.25) is 15.0 Å². The lowest BCUT2D eigenvalue weighted by Crippen LogP contribution is -2.48. The van der Waals surface area contributed by atoms with Crippen molar-refractivity contribution in [1.82, 2.24) is 5.43 Å². The lowest BCUT2D eigenvalue weighted by Gasteiger charge is -2.26. The molecule has 2 atom stereocenters. The minimum absolute atomic E-state index is 0.0163. The molecule has 4 rings (SSSR count). The van der Waals surface area contributed by atoms with Crippen molar-refractivity contribution in [2.24, 2.45) is 11.0 Å². The molecule has 7 nitrogen and oxygen atoms in total. The third kappa shape index (κ3) is 3.06. The number of carbonyl (C=O) groups excluding carboxylic acids is 3. The summed E-state index contributed by atoms with van der Waals surface area (Å²) in [6.45, 7) is 1.59. The SMILES string of the molecule is CCOC(=O)C1=NN[C@]2(c3ccccc3)C(=O)N(c3cccc(C(F)(F)F)c3)C(=O)[C@H]12. The summed E-state index contributed by atoms with van der Waals surface area (Å²) in [6.07, 6.45) is -4.66. The maximum atomic E-state index is 13.5. The average molecular weight is 431 g/mol. The highest BCUT2D eigenvalue weighted by atomic mass is 19.4. The quantitative estimate of drug-likeness (QED) is 0.594. The van der Waals surface area contributed by atoms with Crippen LogP contribution in [0.2, 0.25) is 0 Å². The van der Waals surface area contributed by atoms with Gasteiger partial charge in [0.25, 0.3) is 5.91 Å². The van der Waals surface area contributed by atoms with E-state index in [1.165, 1.54) is 6.07 Å². The predicted octanol–water partition coefficient (Wildman–Crippen LogP) is 2.61. The zero-order chi connectivity index (χ0) is 22.4. The molecule has 2 aromatic rings. The van der Waals surface area contributed by atoms with Gasteiger partial charge < -0.3 is 4.74 Å². The number of nitrogens with zero attached hydrogens (tertiary/aromatic N) is 2. The van der Waals surface area contributed by atoms with Crippen molar-refractivity contribution < 1.29 is 32.3 Å². The number of halogens is 3. The number of hydrogen-bond acceptors (Lipinski definition) is 6. The molecule has 0 radical (unpaired) electrons. The Morgan fingerprint density at radius 3 is 2.52 bits per heavy atom. The predicted molar refractivity (Wildman–Crippen MR) is 103 cm³/mol. The minimum atomic E-state index is -4.66. The minimum Gasteiger partial charge on any atom is -0.461 e. The molecular weight excluding hydrogens is 415 g/mol. The molecule has 2 aliphatic heterocycles. The van der Waals surface area contributed by atoms with Crippen LogP contribution in [0.1, 0.15) is 18.1 Å². The summed E-state index contributed by atoms with van der Waals surface area (Å²) >= 11 is 0. The number of imide groups is 1. The molecule has 0 saturated carbocycles. The van der Waals surface area contributed by atoms with E-state index in [2.05, 4.69) is 10.5 Å². The van der Waals surface area contributed by atoms with Crippen LogP contribution in [-0.2, 0) is 30.8 Å². The Bertz CT molecular complexity index is 1100. The fraction of sp³-hybridized carbons (Fsp3) is 0.238. The highest BCUT2D eigenvalue weighted by molar-refractivity contribution is 6.47. The molecule has 2 heterocycles. The standard InChI is InChI=1S/C21H16F3N3O4/c1-2-31-18(29)16-15-17(28)27(14-10-6-9-13(11-14)21(22,23)24)19(30)20(15,26-25-16)12-7-4-3-5-8-12/h3-11,15,26H,2H2,1H3/t15-,20-/m0/s1. The fourth-order valence-corrected chi connectivity index (χ4v) is 3.85. The van der Waals surface area contributed by atoms with E-state index in [4.69, 9.17) is 4.74 Å². The summed E-state index contributed by atoms with van der Waals surface area (Å²) in [5.74, 6) is -3.98. The lowest BCUT2D eigenvalue weighted by molar-refractivity contribution is -0.138. The number of alkyl halides is 3. The van der Waals surface area contributed by atoms with Gasteiger partial charge in [0.1, 0.15) is 5.92 Å². The number of anilines is 1. The first kappa shape index (κ1) is 20.6. The number of ether oxygens (including phenoxy) is 1. The van der Waals surface area contributed by atoms with Crippen molar-refractivity contribution in [1.29, 1.82) is 0 Å². The molecule has 2 aromatic carbocycles. The van der Waals surface area contributed by atoms with Gasteiger partial charge in [-0.2, -0.15) is 18.3 Å². The van der Waals surface area contributed by atoms with E-state index in [0.29, 0.717) is 10.5 Å². The van der Waals surface area contributed by atoms with Crippen molar-refractivity contribution in [2.45, 2.75) is 18.6 Å². The van der Waals surface area contributed by atoms with Crippen LogP contribution in [0.3, 0.4) is 0 Å². The Labute approximate surface area is 174 Å². The van der Waals surface area contributed by atoms with Gasteiger partial charge in [-0.25, -0.2) is 9.69 Å². The van der Waals surface area contributed by atoms with Gasteiger partial charge in [0.05, 0.1) is 17.9 Å². The van der Waals surface area contributed by atoms with Crippen LogP contribution in [0.4, 0.5) is 18.9 Å². The number of fused-ring (bicyclic) bond motifs is 1. The van der Waals surface area contributed by atoms with E-state index in [0.717, 1.165) is 18.2 Å². The second-order valence-electron chi connectivity index (χ2n) is 6.96. The number of hydrazone groups is 1. The molecule has 10 heteroatoms. The highest BCUT2D eigenvalue weighted by Crippen LogP contribution is 2.45. The highest BCUT2D eigenvalue weighted by Gasteiger charge is 2.67. The molecule has 0 spiro atoms. The van der Waals surface area contributed by atoms with E-state index in [9.17, 15) is 27.6 Å². The van der Waals surface area contributed by atoms with E-state index in [-0.39, 0.29) is 18.0 Å². The summed E-state index contributed by atoms with van der Waals surface area (Å²) in [6, 6.07) is 12.0. The Hall–Kier alpha value is -3.69. The van der Waals surface area contributed by atoms with Crippen molar-refractivity contribution >= 4 is 29.2 Å². The number of benzene rings is 2. The number of carbonyl (C=O) groups is 3. The van der Waals surface area contributed by atoms with Crippen LogP contribution in [0.15, 0.2) is 59.7 Å². The van der Waals surface area contributed by atoms with Crippen LogP contribution in [0, 0.1) is 5.92 Å². The molecule has 160 valence electrons. The number of rotatable bonds is 4. The summed E-state index contributed by atoms with van der Waals surface area (Å²) in [5, 5.41) is 3.92. The van der Waals surface area contributed by atoms with Crippen LogP contribution in [0.25, 0.3) is 0 Å². The van der Waals surface area contributed by atoms with Crippen molar-refractivity contribution in [2.75, 3.05) is 11.5 Å². The normalized spacial score (nSPS) is 22.8. The molecule has 2 amide bonds. The van der Waals surface area contributed by atoms with Crippen LogP contribution in [-0.4, -0.2) is 30.1 Å². The Morgan fingerprint density at radius 2 is 1.87 bits per heavy atom. The Kier molecular flexibility index (Phi) is 4.79. The third-order valence-electron chi connectivity index (χ3n) is 5.21. The maximum absolute atomic E-state index is 13.5. The van der Waals surface area contributed by atoms with Crippen LogP contribution < -0.4 is 10.3 Å². The number of amides is 2. The molecule has 2 aliphatic rings. The summed E-state index contributed by atoms with van der Waals surface area (Å²) < 4.78 is 44.5. The number of nitrogens with one attached hydrogen (secondary N) is 1. The lowest BCUT2D eigenvalue weighted by atomic mass is 9.79. The van der Waals surface area contributed by atoms with Crippen molar-refractivity contribution in [3.05, 3.63) is 65.7 Å². The van der Waals surface area contributed by atoms with Gasteiger partial charge in [-0.15, -0.1) is 0 Å². The van der Waals surface area contributed by atoms with E-state index >= 15 is 0 Å². The first-order valence-electron chi connectivity index (χ1n) is 9.35. The van der Waals surface area contributed by atoms with Crippen molar-refractivity contribution in [3.63, 3.8) is 0 Å². The van der Waals surface area contributed by atoms with Gasteiger partial charge in [0.2, 0.25) is 5.91 Å². The second kappa shape index (κ2) is 7.22. The zero-order valence-corrected chi connectivity index (χ0v) is 16.1. The zero-order valence-electron chi connectivity index (χ0n) is 16.1. The average Bonchev–Trinajstić information content (AvgIpc) is 3.24. The molecule has 1 N–H and O–H groups in total. The number of hydrogen-bond donors (Lipinski definition) is 1. The molecule has 31 heavy (non-hydrogen) atoms. The van der Waals surface area contributed by atoms with Crippen molar-refractivity contribution in [3.8, 4) is 0 Å². The molecule has 0 aromatic heterocycles. The van der Waals surface area contributed by atoms with E-state index in [1.54, 1.807) is 37.3 Å². The molecule has 0 aliphatic carbocycles. The van der Waals surface area contributed by atoms with Gasteiger partial charge in [0.15, 0.2) is 11.3 Å². The van der Waals surface area contributed by atoms with Crippen LogP contribution in [0.5, 0.6) is 0 Å². The topological polar surface area (TPSA) is 88.1 Å². The smallest absolute Gasteiger partial charge is 0.416 e. The van der Waals surface area contributed by atoms with E-state index < -0.39 is 41.0 Å². The molecule has 0 bridgehead atoms. The third-order valence-corrected chi connectivity index (χ3v) is 5.21. The van der Waals surface area contributed by atoms with Gasteiger partial charge in [0, 0.05) is 0 Å². The Balaban J connectivity index is 1.86. The summed E-state index contributed by atoms with van der Waals surface area (Å²) in [4.78, 5) is 40.0. The Morgan fingerprint density at radius 1 is 1.16 bits per heavy atom. The number of esters is 1. The summed E-state index contributed by atoms with van der Waals surface area (Å²) in [7, 11) is 0. The first-order valence-corrected chi connectivity index (χ1v) is 9.35. The monoisotopic (exact) mass is 431 g/mol.